The number of ether oxygens (including phenoxy) is 2. The fourth-order valence-electron chi connectivity index (χ4n) is 1.62. The average molecular weight is 355 g/mol. The van der Waals surface area contributed by atoms with Crippen molar-refractivity contribution in [2.45, 2.75) is 26.1 Å². The van der Waals surface area contributed by atoms with Crippen molar-refractivity contribution in [2.24, 2.45) is 0 Å². The zero-order chi connectivity index (χ0) is 19.3. The van der Waals surface area contributed by atoms with Gasteiger partial charge in [0.1, 0.15) is 0 Å². The molecule has 0 radical (unpaired) electrons. The Balaban J connectivity index is 3.34. The topological polar surface area (TPSA) is 170 Å². The van der Waals surface area contributed by atoms with Crippen LogP contribution >= 0.6 is 0 Å². The number of carbonyl (C=O) groups excluding carboxylic acids is 2. The standard InChI is InChI=1S/C14H13NO10/c1-6(11(16)17)24-13(20)8-4-3-5-9(15(22)23)10(8)14(21)25-7(2)12(18)19/h3-7H,1-2H3,(H,16,17)(H,18,19)/t6-,7-/m0/s1. The molecule has 1 rings (SSSR count). The van der Waals surface area contributed by atoms with Crippen LogP contribution < -0.4 is 0 Å². The summed E-state index contributed by atoms with van der Waals surface area (Å²) in [7, 11) is 0. The number of aliphatic carboxylic acids is 2. The van der Waals surface area contributed by atoms with Gasteiger partial charge in [0.05, 0.1) is 10.5 Å². The minimum atomic E-state index is -1.63. The fraction of sp³-hybridized carbons (Fsp3) is 0.286. The molecule has 11 nitrogen and oxygen atoms in total. The molecule has 0 bridgehead atoms. The van der Waals surface area contributed by atoms with E-state index < -0.39 is 57.8 Å². The number of hydrogen-bond acceptors (Lipinski definition) is 8. The number of nitro benzene ring substituents is 1. The molecular weight excluding hydrogens is 342 g/mol. The van der Waals surface area contributed by atoms with Gasteiger partial charge in [-0.2, -0.15) is 0 Å². The number of carboxylic acids is 2. The summed E-state index contributed by atoms with van der Waals surface area (Å²) in [6.45, 7) is 2.06. The lowest BCUT2D eigenvalue weighted by Gasteiger charge is -2.13. The second kappa shape index (κ2) is 7.86. The van der Waals surface area contributed by atoms with Crippen molar-refractivity contribution in [2.75, 3.05) is 0 Å². The molecule has 0 aliphatic heterocycles. The Kier molecular flexibility index (Phi) is 6.14. The molecule has 0 aliphatic rings. The van der Waals surface area contributed by atoms with E-state index in [1.807, 2.05) is 0 Å². The van der Waals surface area contributed by atoms with Crippen LogP contribution in [0.2, 0.25) is 0 Å². The molecule has 0 aliphatic carbocycles. The van der Waals surface area contributed by atoms with E-state index in [2.05, 4.69) is 9.47 Å². The van der Waals surface area contributed by atoms with E-state index in [4.69, 9.17) is 10.2 Å². The number of esters is 2. The number of benzene rings is 1. The van der Waals surface area contributed by atoms with Crippen molar-refractivity contribution in [1.29, 1.82) is 0 Å². The lowest BCUT2D eigenvalue weighted by molar-refractivity contribution is -0.385. The van der Waals surface area contributed by atoms with Gasteiger partial charge in [-0.1, -0.05) is 6.07 Å². The van der Waals surface area contributed by atoms with Gasteiger partial charge in [-0.25, -0.2) is 19.2 Å². The molecule has 0 unspecified atom stereocenters. The van der Waals surface area contributed by atoms with E-state index in [9.17, 15) is 29.3 Å². The monoisotopic (exact) mass is 355 g/mol. The molecule has 0 aromatic heterocycles. The van der Waals surface area contributed by atoms with Crippen LogP contribution in [-0.2, 0) is 19.1 Å². The number of nitro groups is 1. The SMILES string of the molecule is C[C@H](OC(=O)c1cccc([N+](=O)[O-])c1C(=O)O[C@@H](C)C(=O)O)C(=O)O. The molecule has 0 spiro atoms. The van der Waals surface area contributed by atoms with E-state index in [0.717, 1.165) is 32.0 Å². The molecule has 2 atom stereocenters. The lowest BCUT2D eigenvalue weighted by atomic mass is 10.1. The van der Waals surface area contributed by atoms with Crippen molar-refractivity contribution < 1.29 is 43.8 Å². The van der Waals surface area contributed by atoms with E-state index in [-0.39, 0.29) is 0 Å². The second-order valence-electron chi connectivity index (χ2n) is 4.73. The molecule has 0 heterocycles. The molecule has 2 N–H and O–H groups in total. The Morgan fingerprint density at radius 3 is 1.92 bits per heavy atom. The molecule has 0 saturated heterocycles. The van der Waals surface area contributed by atoms with Crippen LogP contribution in [0.25, 0.3) is 0 Å². The third-order valence-electron chi connectivity index (χ3n) is 2.93. The molecule has 11 heteroatoms. The zero-order valence-corrected chi connectivity index (χ0v) is 13.0. The van der Waals surface area contributed by atoms with Gasteiger partial charge in [-0.3, -0.25) is 10.1 Å². The average Bonchev–Trinajstić information content (AvgIpc) is 2.53. The largest absolute Gasteiger partial charge is 0.479 e. The first-order valence-electron chi connectivity index (χ1n) is 6.71. The summed E-state index contributed by atoms with van der Waals surface area (Å²) in [6, 6.07) is 2.98. The number of rotatable bonds is 7. The number of carbonyl (C=O) groups is 4. The van der Waals surface area contributed by atoms with Crippen molar-refractivity contribution in [3.05, 3.63) is 39.4 Å². The van der Waals surface area contributed by atoms with Gasteiger partial charge in [0.15, 0.2) is 17.8 Å². The van der Waals surface area contributed by atoms with Gasteiger partial charge >= 0.3 is 23.9 Å². The maximum atomic E-state index is 12.1. The summed E-state index contributed by atoms with van der Waals surface area (Å²) >= 11 is 0. The Morgan fingerprint density at radius 2 is 1.48 bits per heavy atom. The fourth-order valence-corrected chi connectivity index (χ4v) is 1.62. The van der Waals surface area contributed by atoms with E-state index in [1.54, 1.807) is 0 Å². The Bertz CT molecular complexity index is 741. The highest BCUT2D eigenvalue weighted by Crippen LogP contribution is 2.25. The van der Waals surface area contributed by atoms with Gasteiger partial charge in [0.2, 0.25) is 0 Å². The van der Waals surface area contributed by atoms with Gasteiger partial charge in [0.25, 0.3) is 5.69 Å². The first-order valence-corrected chi connectivity index (χ1v) is 6.71. The molecule has 0 amide bonds. The summed E-state index contributed by atoms with van der Waals surface area (Å²) < 4.78 is 9.16. The molecule has 0 saturated carbocycles. The van der Waals surface area contributed by atoms with Crippen molar-refractivity contribution >= 4 is 29.6 Å². The number of carboxylic acid groups (broad SMARTS) is 2. The van der Waals surface area contributed by atoms with Crippen molar-refractivity contribution in [3.63, 3.8) is 0 Å². The van der Waals surface area contributed by atoms with Crippen LogP contribution in [0.5, 0.6) is 0 Å². The molecule has 1 aromatic rings. The van der Waals surface area contributed by atoms with E-state index in [0.29, 0.717) is 0 Å². The minimum Gasteiger partial charge on any atom is -0.479 e. The summed E-state index contributed by atoms with van der Waals surface area (Å²) in [6.07, 6.45) is -3.21. The van der Waals surface area contributed by atoms with Crippen LogP contribution in [-0.4, -0.2) is 51.2 Å². The van der Waals surface area contributed by atoms with E-state index in [1.165, 1.54) is 0 Å². The van der Waals surface area contributed by atoms with Crippen molar-refractivity contribution in [3.8, 4) is 0 Å². The first-order chi connectivity index (χ1) is 11.6. The summed E-state index contributed by atoms with van der Waals surface area (Å²) in [5, 5.41) is 28.6. The van der Waals surface area contributed by atoms with Gasteiger partial charge in [-0.05, 0) is 19.9 Å². The Morgan fingerprint density at radius 1 is 1.00 bits per heavy atom. The van der Waals surface area contributed by atoms with Crippen LogP contribution in [0.4, 0.5) is 5.69 Å². The second-order valence-corrected chi connectivity index (χ2v) is 4.73. The third-order valence-corrected chi connectivity index (χ3v) is 2.93. The first kappa shape index (κ1) is 19.5. The van der Waals surface area contributed by atoms with Crippen LogP contribution in [0.3, 0.4) is 0 Å². The predicted molar refractivity (Wildman–Crippen MR) is 78.1 cm³/mol. The lowest BCUT2D eigenvalue weighted by Crippen LogP contribution is -2.27. The Hall–Kier alpha value is -3.50. The highest BCUT2D eigenvalue weighted by molar-refractivity contribution is 6.06. The zero-order valence-electron chi connectivity index (χ0n) is 13.0. The smallest absolute Gasteiger partial charge is 0.346 e. The van der Waals surface area contributed by atoms with Gasteiger partial charge < -0.3 is 19.7 Å². The minimum absolute atomic E-state index is 0.620. The quantitative estimate of drug-likeness (QED) is 0.406. The molecule has 134 valence electrons. The molecule has 25 heavy (non-hydrogen) atoms. The van der Waals surface area contributed by atoms with Crippen molar-refractivity contribution in [1.82, 2.24) is 0 Å². The molecular formula is C14H13NO10. The number of hydrogen-bond donors (Lipinski definition) is 2. The summed E-state index contributed by atoms with van der Waals surface area (Å²) in [4.78, 5) is 55.8. The third kappa shape index (κ3) is 4.73. The normalized spacial score (nSPS) is 12.6. The summed E-state index contributed by atoms with van der Waals surface area (Å²) in [5.74, 6) is -5.72. The maximum absolute atomic E-state index is 12.1. The highest BCUT2D eigenvalue weighted by Gasteiger charge is 2.32. The van der Waals surface area contributed by atoms with Gasteiger partial charge in [0, 0.05) is 6.07 Å². The van der Waals surface area contributed by atoms with E-state index >= 15 is 0 Å². The van der Waals surface area contributed by atoms with Crippen LogP contribution in [0, 0.1) is 10.1 Å². The molecule has 1 aromatic carbocycles. The van der Waals surface area contributed by atoms with Crippen LogP contribution in [0.15, 0.2) is 18.2 Å². The highest BCUT2D eigenvalue weighted by atomic mass is 16.6. The van der Waals surface area contributed by atoms with Gasteiger partial charge in [-0.15, -0.1) is 0 Å². The predicted octanol–water partition coefficient (Wildman–Crippen LogP) is 0.855. The Labute approximate surface area is 139 Å². The maximum Gasteiger partial charge on any atom is 0.346 e. The van der Waals surface area contributed by atoms with Crippen LogP contribution in [0.1, 0.15) is 34.6 Å². The number of nitrogens with zero attached hydrogens (tertiary/aromatic N) is 1. The molecule has 0 fully saturated rings. The summed E-state index contributed by atoms with van der Waals surface area (Å²) in [5.41, 5.74) is -2.27.